The zero-order valence-corrected chi connectivity index (χ0v) is 16.3. The normalized spacial score (nSPS) is 15.9. The first-order chi connectivity index (χ1) is 12.8. The molecule has 10 heteroatoms. The molecule has 27 heavy (non-hydrogen) atoms. The number of aliphatic hydroxyl groups excluding tert-OH is 1. The lowest BCUT2D eigenvalue weighted by atomic mass is 10.1. The van der Waals surface area contributed by atoms with Crippen LogP contribution in [0.4, 0.5) is 10.2 Å². The van der Waals surface area contributed by atoms with E-state index < -0.39 is 22.4 Å². The zero-order valence-electron chi connectivity index (χ0n) is 14.8. The van der Waals surface area contributed by atoms with Crippen LogP contribution in [-0.4, -0.2) is 66.3 Å². The fourth-order valence-corrected chi connectivity index (χ4v) is 4.45. The number of hydrogen-bond acceptors (Lipinski definition) is 6. The lowest BCUT2D eigenvalue weighted by molar-refractivity contribution is 0.312. The van der Waals surface area contributed by atoms with Crippen molar-refractivity contribution in [1.29, 1.82) is 0 Å². The van der Waals surface area contributed by atoms with Gasteiger partial charge in [0.05, 0.1) is 29.3 Å². The van der Waals surface area contributed by atoms with Crippen molar-refractivity contribution in [3.8, 4) is 11.3 Å². The van der Waals surface area contributed by atoms with Crippen LogP contribution in [0.5, 0.6) is 0 Å². The van der Waals surface area contributed by atoms with Crippen molar-refractivity contribution in [2.24, 2.45) is 0 Å². The van der Waals surface area contributed by atoms with E-state index in [1.165, 1.54) is 16.6 Å². The van der Waals surface area contributed by atoms with Crippen LogP contribution in [0.25, 0.3) is 11.3 Å². The molecule has 0 saturated carbocycles. The SMILES string of the molecule is Cc1cc(F)cnc1-c1cc(N2CCN(S(=O)(=O)CCO)CC2)ncc1Cl. The highest BCUT2D eigenvalue weighted by molar-refractivity contribution is 7.89. The number of halogens is 2. The van der Waals surface area contributed by atoms with Crippen LogP contribution in [0, 0.1) is 12.7 Å². The van der Waals surface area contributed by atoms with Gasteiger partial charge in [0.1, 0.15) is 11.6 Å². The molecule has 3 heterocycles. The van der Waals surface area contributed by atoms with E-state index in [-0.39, 0.29) is 5.75 Å². The number of piperazine rings is 1. The summed E-state index contributed by atoms with van der Waals surface area (Å²) in [7, 11) is -3.44. The van der Waals surface area contributed by atoms with Crippen LogP contribution in [0.3, 0.4) is 0 Å². The predicted molar refractivity (Wildman–Crippen MR) is 102 cm³/mol. The molecule has 0 atom stereocenters. The fraction of sp³-hybridized carbons (Fsp3) is 0.412. The Morgan fingerprint density at radius 1 is 1.19 bits per heavy atom. The standard InChI is InChI=1S/C17H20ClFN4O3S/c1-12-8-13(19)10-21-17(12)14-9-16(20-11-15(14)18)22-2-4-23(5-3-22)27(25,26)7-6-24/h8-11,24H,2-7H2,1H3. The average Bonchev–Trinajstić information content (AvgIpc) is 2.63. The maximum absolute atomic E-state index is 13.3. The van der Waals surface area contributed by atoms with Gasteiger partial charge in [-0.1, -0.05) is 11.6 Å². The number of sulfonamides is 1. The largest absolute Gasteiger partial charge is 0.395 e. The van der Waals surface area contributed by atoms with Crippen molar-refractivity contribution < 1.29 is 17.9 Å². The number of anilines is 1. The van der Waals surface area contributed by atoms with Gasteiger partial charge in [-0.15, -0.1) is 0 Å². The summed E-state index contributed by atoms with van der Waals surface area (Å²) in [5, 5.41) is 9.31. The van der Waals surface area contributed by atoms with Gasteiger partial charge in [-0.25, -0.2) is 17.8 Å². The van der Waals surface area contributed by atoms with Crippen LogP contribution >= 0.6 is 11.6 Å². The molecule has 0 bridgehead atoms. The molecule has 1 aliphatic rings. The number of hydrogen-bond donors (Lipinski definition) is 1. The topological polar surface area (TPSA) is 86.6 Å². The molecule has 0 spiro atoms. The number of aryl methyl sites for hydroxylation is 1. The molecule has 3 rings (SSSR count). The van der Waals surface area contributed by atoms with Crippen LogP contribution in [0.1, 0.15) is 5.56 Å². The predicted octanol–water partition coefficient (Wildman–Crippen LogP) is 1.69. The van der Waals surface area contributed by atoms with Crippen molar-refractivity contribution in [3.63, 3.8) is 0 Å². The van der Waals surface area contributed by atoms with E-state index in [0.717, 1.165) is 6.20 Å². The van der Waals surface area contributed by atoms with Gasteiger partial charge in [-0.3, -0.25) is 4.98 Å². The summed E-state index contributed by atoms with van der Waals surface area (Å²) in [4.78, 5) is 10.4. The average molecular weight is 415 g/mol. The van der Waals surface area contributed by atoms with Crippen molar-refractivity contribution in [3.05, 3.63) is 40.9 Å². The van der Waals surface area contributed by atoms with Crippen LogP contribution in [-0.2, 0) is 10.0 Å². The zero-order chi connectivity index (χ0) is 19.6. The molecule has 1 aliphatic heterocycles. The molecule has 0 aromatic carbocycles. The van der Waals surface area contributed by atoms with Crippen LogP contribution in [0.2, 0.25) is 5.02 Å². The first-order valence-electron chi connectivity index (χ1n) is 8.43. The van der Waals surface area contributed by atoms with E-state index in [4.69, 9.17) is 16.7 Å². The summed E-state index contributed by atoms with van der Waals surface area (Å²) >= 11 is 6.27. The van der Waals surface area contributed by atoms with Gasteiger partial charge in [0, 0.05) is 37.9 Å². The van der Waals surface area contributed by atoms with E-state index in [0.29, 0.717) is 53.8 Å². The third kappa shape index (κ3) is 4.37. The molecule has 7 nitrogen and oxygen atoms in total. The highest BCUT2D eigenvalue weighted by atomic mass is 35.5. The van der Waals surface area contributed by atoms with Crippen LogP contribution in [0.15, 0.2) is 24.5 Å². The molecule has 0 radical (unpaired) electrons. The van der Waals surface area contributed by atoms with Crippen molar-refractivity contribution in [2.45, 2.75) is 6.92 Å². The van der Waals surface area contributed by atoms with Gasteiger partial charge in [-0.05, 0) is 24.6 Å². The summed E-state index contributed by atoms with van der Waals surface area (Å²) in [5.74, 6) is -0.0349. The third-order valence-electron chi connectivity index (χ3n) is 4.45. The highest BCUT2D eigenvalue weighted by Gasteiger charge is 2.27. The Bertz CT molecular complexity index is 934. The lowest BCUT2D eigenvalue weighted by Crippen LogP contribution is -2.49. The molecule has 1 saturated heterocycles. The molecule has 0 amide bonds. The summed E-state index contributed by atoms with van der Waals surface area (Å²) in [6.07, 6.45) is 2.66. The Morgan fingerprint density at radius 3 is 2.52 bits per heavy atom. The second-order valence-corrected chi connectivity index (χ2v) is 8.76. The summed E-state index contributed by atoms with van der Waals surface area (Å²) in [5.41, 5.74) is 1.89. The number of aliphatic hydroxyl groups is 1. The molecule has 2 aromatic heterocycles. The second-order valence-electron chi connectivity index (χ2n) is 6.27. The smallest absolute Gasteiger partial charge is 0.216 e. The Labute approximate surface area is 162 Å². The lowest BCUT2D eigenvalue weighted by Gasteiger charge is -2.34. The quantitative estimate of drug-likeness (QED) is 0.801. The molecule has 146 valence electrons. The number of rotatable bonds is 5. The third-order valence-corrected chi connectivity index (χ3v) is 6.60. The number of nitrogens with zero attached hydrogens (tertiary/aromatic N) is 4. The molecule has 2 aromatic rings. The first-order valence-corrected chi connectivity index (χ1v) is 10.4. The highest BCUT2D eigenvalue weighted by Crippen LogP contribution is 2.31. The minimum Gasteiger partial charge on any atom is -0.395 e. The Hall–Kier alpha value is -1.81. The first kappa shape index (κ1) is 19.9. The Morgan fingerprint density at radius 2 is 1.89 bits per heavy atom. The number of aromatic nitrogens is 2. The van der Waals surface area contributed by atoms with Gasteiger partial charge in [-0.2, -0.15) is 4.31 Å². The van der Waals surface area contributed by atoms with Gasteiger partial charge < -0.3 is 10.0 Å². The van der Waals surface area contributed by atoms with Crippen LogP contribution < -0.4 is 4.90 Å². The minimum atomic E-state index is -3.44. The Kier molecular flexibility index (Phi) is 5.95. The summed E-state index contributed by atoms with van der Waals surface area (Å²) < 4.78 is 38.8. The Balaban J connectivity index is 1.81. The van der Waals surface area contributed by atoms with Gasteiger partial charge in [0.25, 0.3) is 0 Å². The molecular weight excluding hydrogens is 395 g/mol. The summed E-state index contributed by atoms with van der Waals surface area (Å²) in [6.45, 7) is 2.93. The van der Waals surface area contributed by atoms with Gasteiger partial charge in [0.2, 0.25) is 10.0 Å². The van der Waals surface area contributed by atoms with Gasteiger partial charge in [0.15, 0.2) is 0 Å². The molecule has 1 N–H and O–H groups in total. The molecule has 0 aliphatic carbocycles. The van der Waals surface area contributed by atoms with E-state index in [2.05, 4.69) is 9.97 Å². The fourth-order valence-electron chi connectivity index (χ4n) is 3.04. The monoisotopic (exact) mass is 414 g/mol. The van der Waals surface area contributed by atoms with E-state index >= 15 is 0 Å². The van der Waals surface area contributed by atoms with Gasteiger partial charge >= 0.3 is 0 Å². The minimum absolute atomic E-state index is 0.272. The van der Waals surface area contributed by atoms with E-state index in [1.54, 1.807) is 13.0 Å². The molecular formula is C17H20ClFN4O3S. The van der Waals surface area contributed by atoms with E-state index in [9.17, 15) is 12.8 Å². The van der Waals surface area contributed by atoms with E-state index in [1.807, 2.05) is 4.90 Å². The second kappa shape index (κ2) is 8.05. The van der Waals surface area contributed by atoms with Crippen molar-refractivity contribution >= 4 is 27.4 Å². The maximum atomic E-state index is 13.3. The van der Waals surface area contributed by atoms with Crippen molar-refractivity contribution in [2.75, 3.05) is 43.4 Å². The number of pyridine rings is 2. The maximum Gasteiger partial charge on any atom is 0.216 e. The summed E-state index contributed by atoms with van der Waals surface area (Å²) in [6, 6.07) is 3.18. The molecule has 0 unspecified atom stereocenters. The van der Waals surface area contributed by atoms with Crippen molar-refractivity contribution in [1.82, 2.24) is 14.3 Å². The molecule has 1 fully saturated rings.